The first-order valence-electron chi connectivity index (χ1n) is 8.20. The second-order valence-corrected chi connectivity index (χ2v) is 5.59. The van der Waals surface area contributed by atoms with Crippen LogP contribution in [0.3, 0.4) is 0 Å². The Morgan fingerprint density at radius 1 is 1.17 bits per heavy atom. The molecule has 2 aromatic rings. The summed E-state index contributed by atoms with van der Waals surface area (Å²) in [4.78, 5) is 33.7. The van der Waals surface area contributed by atoms with E-state index in [1.165, 1.54) is 18.2 Å². The molecule has 0 saturated heterocycles. The van der Waals surface area contributed by atoms with Crippen LogP contribution in [0.15, 0.2) is 36.4 Å². The van der Waals surface area contributed by atoms with E-state index in [1.807, 2.05) is 0 Å². The summed E-state index contributed by atoms with van der Waals surface area (Å²) in [6, 6.07) is 7.62. The number of benzene rings is 2. The maximum atomic E-state index is 12.5. The van der Waals surface area contributed by atoms with Crippen LogP contribution in [0.4, 0.5) is 14.5 Å². The highest BCUT2D eigenvalue weighted by molar-refractivity contribution is 5.92. The van der Waals surface area contributed by atoms with Crippen molar-refractivity contribution in [3.63, 3.8) is 0 Å². The lowest BCUT2D eigenvalue weighted by Gasteiger charge is -2.13. The van der Waals surface area contributed by atoms with Crippen molar-refractivity contribution in [2.75, 3.05) is 13.7 Å². The number of amides is 1. The van der Waals surface area contributed by atoms with E-state index in [4.69, 9.17) is 19.9 Å². The molecule has 30 heavy (non-hydrogen) atoms. The minimum Gasteiger partial charge on any atom is -0.493 e. The van der Waals surface area contributed by atoms with E-state index in [0.717, 1.165) is 19.2 Å². The van der Waals surface area contributed by atoms with Crippen LogP contribution in [0.1, 0.15) is 15.9 Å². The molecule has 0 spiro atoms. The molecule has 0 aliphatic rings. The number of methoxy groups -OCH3 is 1. The summed E-state index contributed by atoms with van der Waals surface area (Å²) in [5, 5.41) is 11.3. The van der Waals surface area contributed by atoms with Crippen LogP contribution in [0.5, 0.6) is 17.2 Å². The maximum absolute atomic E-state index is 12.5. The van der Waals surface area contributed by atoms with Gasteiger partial charge in [-0.05, 0) is 18.2 Å². The third kappa shape index (κ3) is 5.77. The van der Waals surface area contributed by atoms with Gasteiger partial charge in [-0.25, -0.2) is 4.79 Å². The Labute approximate surface area is 168 Å². The van der Waals surface area contributed by atoms with Gasteiger partial charge >= 0.3 is 12.6 Å². The molecule has 0 fully saturated rings. The molecule has 12 heteroatoms. The number of alkyl halides is 2. The molecule has 2 aromatic carbocycles. The van der Waals surface area contributed by atoms with Crippen LogP contribution >= 0.6 is 0 Å². The molecule has 0 aliphatic carbocycles. The summed E-state index contributed by atoms with van der Waals surface area (Å²) in [6.07, 6.45) is 0. The SMILES string of the molecule is COc1cc(COC(=O)c2ccccc2OCC(N)=O)c([N+](=O)[O-])cc1OC(F)F. The van der Waals surface area contributed by atoms with Gasteiger partial charge in [0.1, 0.15) is 17.9 Å². The number of carbonyl (C=O) groups excluding carboxylic acids is 2. The van der Waals surface area contributed by atoms with E-state index in [2.05, 4.69) is 4.74 Å². The molecule has 0 atom stereocenters. The molecule has 0 heterocycles. The molecule has 1 amide bonds. The Kier molecular flexibility index (Phi) is 7.44. The van der Waals surface area contributed by atoms with E-state index in [-0.39, 0.29) is 22.6 Å². The van der Waals surface area contributed by atoms with Gasteiger partial charge in [-0.1, -0.05) is 12.1 Å². The summed E-state index contributed by atoms with van der Waals surface area (Å²) in [5.41, 5.74) is 4.22. The second kappa shape index (κ2) is 10.0. The first-order valence-corrected chi connectivity index (χ1v) is 8.20. The molecule has 2 rings (SSSR count). The Morgan fingerprint density at radius 3 is 2.47 bits per heavy atom. The zero-order valence-electron chi connectivity index (χ0n) is 15.5. The molecule has 0 unspecified atom stereocenters. The van der Waals surface area contributed by atoms with Gasteiger partial charge in [0.25, 0.3) is 11.6 Å². The number of hydrogen-bond donors (Lipinski definition) is 1. The normalized spacial score (nSPS) is 10.4. The molecule has 0 aliphatic heterocycles. The van der Waals surface area contributed by atoms with Crippen molar-refractivity contribution in [1.82, 2.24) is 0 Å². The first-order chi connectivity index (χ1) is 14.2. The highest BCUT2D eigenvalue weighted by Crippen LogP contribution is 2.36. The summed E-state index contributed by atoms with van der Waals surface area (Å²) in [5.74, 6) is -2.39. The Hall–Kier alpha value is -3.96. The third-order valence-corrected chi connectivity index (χ3v) is 3.61. The van der Waals surface area contributed by atoms with Gasteiger partial charge in [-0.3, -0.25) is 14.9 Å². The average molecular weight is 426 g/mol. The van der Waals surface area contributed by atoms with Crippen LogP contribution in [-0.4, -0.2) is 37.1 Å². The maximum Gasteiger partial charge on any atom is 0.387 e. The predicted octanol–water partition coefficient (Wildman–Crippen LogP) is 2.43. The molecule has 0 saturated carbocycles. The largest absolute Gasteiger partial charge is 0.493 e. The molecule has 0 bridgehead atoms. The van der Waals surface area contributed by atoms with Crippen LogP contribution in [0.25, 0.3) is 0 Å². The molecular weight excluding hydrogens is 410 g/mol. The minimum absolute atomic E-state index is 0.0223. The number of ether oxygens (including phenoxy) is 4. The summed E-state index contributed by atoms with van der Waals surface area (Å²) in [7, 11) is 1.15. The number of nitrogens with zero attached hydrogens (tertiary/aromatic N) is 1. The van der Waals surface area contributed by atoms with Crippen molar-refractivity contribution in [3.8, 4) is 17.2 Å². The Balaban J connectivity index is 2.25. The molecule has 10 nitrogen and oxygen atoms in total. The van der Waals surface area contributed by atoms with Gasteiger partial charge < -0.3 is 24.7 Å². The highest BCUT2D eigenvalue weighted by atomic mass is 19.3. The zero-order valence-corrected chi connectivity index (χ0v) is 15.5. The van der Waals surface area contributed by atoms with E-state index >= 15 is 0 Å². The zero-order chi connectivity index (χ0) is 22.3. The van der Waals surface area contributed by atoms with Crippen LogP contribution in [0, 0.1) is 10.1 Å². The monoisotopic (exact) mass is 426 g/mol. The molecule has 2 N–H and O–H groups in total. The van der Waals surface area contributed by atoms with Gasteiger partial charge in [0, 0.05) is 0 Å². The number of nitro groups is 1. The molecule has 160 valence electrons. The lowest BCUT2D eigenvalue weighted by molar-refractivity contribution is -0.386. The number of nitrogens with two attached hydrogens (primary N) is 1. The van der Waals surface area contributed by atoms with Crippen molar-refractivity contribution in [2.45, 2.75) is 13.2 Å². The summed E-state index contributed by atoms with van der Waals surface area (Å²) in [6.45, 7) is -4.28. The van der Waals surface area contributed by atoms with Crippen molar-refractivity contribution < 1.29 is 42.2 Å². The number of para-hydroxylation sites is 1. The number of hydrogen-bond acceptors (Lipinski definition) is 8. The van der Waals surface area contributed by atoms with E-state index < -0.39 is 48.1 Å². The Bertz CT molecular complexity index is 952. The minimum atomic E-state index is -3.22. The quantitative estimate of drug-likeness (QED) is 0.347. The van der Waals surface area contributed by atoms with Gasteiger partial charge in [0.2, 0.25) is 0 Å². The van der Waals surface area contributed by atoms with Gasteiger partial charge in [-0.2, -0.15) is 8.78 Å². The standard InChI is InChI=1S/C18H16F2N2O8/c1-27-14-6-10(12(22(25)26)7-15(14)30-18(19)20)8-29-17(24)11-4-2-3-5-13(11)28-9-16(21)23/h2-7,18H,8-9H2,1H3,(H2,21,23). The fraction of sp³-hybridized carbons (Fsp3) is 0.222. The molecular formula is C18H16F2N2O8. The lowest BCUT2D eigenvalue weighted by atomic mass is 10.1. The number of nitro benzene ring substituents is 1. The molecule has 0 radical (unpaired) electrons. The lowest BCUT2D eigenvalue weighted by Crippen LogP contribution is -2.21. The van der Waals surface area contributed by atoms with Crippen molar-refractivity contribution >= 4 is 17.6 Å². The van der Waals surface area contributed by atoms with Crippen LogP contribution in [0.2, 0.25) is 0 Å². The Morgan fingerprint density at radius 2 is 1.87 bits per heavy atom. The number of halogens is 2. The van der Waals surface area contributed by atoms with Gasteiger partial charge in [0.15, 0.2) is 18.1 Å². The summed E-state index contributed by atoms with van der Waals surface area (Å²) >= 11 is 0. The second-order valence-electron chi connectivity index (χ2n) is 5.59. The average Bonchev–Trinajstić information content (AvgIpc) is 2.70. The highest BCUT2D eigenvalue weighted by Gasteiger charge is 2.23. The van der Waals surface area contributed by atoms with Crippen molar-refractivity contribution in [2.24, 2.45) is 5.73 Å². The van der Waals surface area contributed by atoms with Crippen molar-refractivity contribution in [1.29, 1.82) is 0 Å². The summed E-state index contributed by atoms with van der Waals surface area (Å²) < 4.78 is 44.3. The van der Waals surface area contributed by atoms with Crippen LogP contribution < -0.4 is 19.9 Å². The number of carbonyl (C=O) groups is 2. The fourth-order valence-corrected chi connectivity index (χ4v) is 2.36. The third-order valence-electron chi connectivity index (χ3n) is 3.61. The van der Waals surface area contributed by atoms with Crippen molar-refractivity contribution in [3.05, 3.63) is 57.6 Å². The van der Waals surface area contributed by atoms with E-state index in [9.17, 15) is 28.5 Å². The molecule has 0 aromatic heterocycles. The number of esters is 1. The predicted molar refractivity (Wildman–Crippen MR) is 96.5 cm³/mol. The smallest absolute Gasteiger partial charge is 0.387 e. The van der Waals surface area contributed by atoms with Gasteiger partial charge in [0.05, 0.1) is 23.7 Å². The van der Waals surface area contributed by atoms with E-state index in [0.29, 0.717) is 0 Å². The number of rotatable bonds is 10. The topological polar surface area (TPSA) is 140 Å². The fourth-order valence-electron chi connectivity index (χ4n) is 2.36. The first kappa shape index (κ1) is 22.3. The van der Waals surface area contributed by atoms with E-state index in [1.54, 1.807) is 6.07 Å². The van der Waals surface area contributed by atoms with Gasteiger partial charge in [-0.15, -0.1) is 0 Å². The van der Waals surface area contributed by atoms with Crippen LogP contribution in [-0.2, 0) is 16.1 Å². The number of primary amides is 1.